The normalized spacial score (nSPS) is 12.4. The van der Waals surface area contributed by atoms with Crippen molar-refractivity contribution in [1.82, 2.24) is 15.2 Å². The van der Waals surface area contributed by atoms with Gasteiger partial charge in [-0.15, -0.1) is 0 Å². The fourth-order valence-electron chi connectivity index (χ4n) is 3.23. The van der Waals surface area contributed by atoms with E-state index in [1.54, 1.807) is 12.1 Å². The molecule has 1 N–H and O–H groups in total. The summed E-state index contributed by atoms with van der Waals surface area (Å²) in [4.78, 5) is 19.4. The first kappa shape index (κ1) is 19.0. The fourth-order valence-corrected chi connectivity index (χ4v) is 3.23. The quantitative estimate of drug-likeness (QED) is 0.743. The van der Waals surface area contributed by atoms with Gasteiger partial charge in [0, 0.05) is 17.6 Å². The minimum atomic E-state index is -0.269. The molecular weight excluding hydrogens is 341 g/mol. The van der Waals surface area contributed by atoms with Gasteiger partial charge in [0.25, 0.3) is 5.91 Å². The Morgan fingerprint density at radius 2 is 1.81 bits per heavy atom. The number of nitrogens with zero attached hydrogens (tertiary/aromatic N) is 2. The molecule has 0 radical (unpaired) electrons. The molecule has 3 rings (SSSR count). The molecule has 27 heavy (non-hydrogen) atoms. The van der Waals surface area contributed by atoms with Crippen LogP contribution < -0.4 is 5.32 Å². The van der Waals surface area contributed by atoms with Gasteiger partial charge < -0.3 is 10.2 Å². The van der Waals surface area contributed by atoms with Crippen LogP contribution in [-0.2, 0) is 0 Å². The number of rotatable bonds is 5. The summed E-state index contributed by atoms with van der Waals surface area (Å²) in [5, 5.41) is 3.88. The van der Waals surface area contributed by atoms with Crippen LogP contribution in [-0.4, -0.2) is 36.4 Å². The van der Waals surface area contributed by atoms with E-state index >= 15 is 0 Å². The van der Waals surface area contributed by atoms with Crippen LogP contribution in [0.5, 0.6) is 0 Å². The molecule has 1 amide bonds. The number of carbonyl (C=O) groups excluding carboxylic acids is 1. The largest absolute Gasteiger partial charge is 0.350 e. The van der Waals surface area contributed by atoms with Crippen molar-refractivity contribution in [3.63, 3.8) is 0 Å². The lowest BCUT2D eigenvalue weighted by molar-refractivity contribution is 0.0943. The zero-order valence-electron chi connectivity index (χ0n) is 16.1. The number of benzene rings is 2. The van der Waals surface area contributed by atoms with Crippen molar-refractivity contribution in [2.45, 2.75) is 19.9 Å². The minimum Gasteiger partial charge on any atom is -0.350 e. The van der Waals surface area contributed by atoms with E-state index in [0.717, 1.165) is 27.7 Å². The van der Waals surface area contributed by atoms with E-state index < -0.39 is 0 Å². The Balaban J connectivity index is 1.85. The fraction of sp³-hybridized carbons (Fsp3) is 0.273. The Morgan fingerprint density at radius 1 is 1.11 bits per heavy atom. The van der Waals surface area contributed by atoms with Crippen molar-refractivity contribution < 1.29 is 9.18 Å². The maximum absolute atomic E-state index is 13.2. The van der Waals surface area contributed by atoms with E-state index in [4.69, 9.17) is 0 Å². The summed E-state index contributed by atoms with van der Waals surface area (Å²) in [5.74, 6) is -0.403. The first-order valence-corrected chi connectivity index (χ1v) is 8.93. The highest BCUT2D eigenvalue weighted by Gasteiger charge is 2.18. The van der Waals surface area contributed by atoms with E-state index in [2.05, 4.69) is 10.3 Å². The number of pyridine rings is 1. The van der Waals surface area contributed by atoms with Gasteiger partial charge in [-0.2, -0.15) is 0 Å². The van der Waals surface area contributed by atoms with Crippen LogP contribution in [0.15, 0.2) is 48.5 Å². The molecule has 2 aromatic carbocycles. The lowest BCUT2D eigenvalue weighted by Crippen LogP contribution is -2.34. The van der Waals surface area contributed by atoms with Gasteiger partial charge in [0.15, 0.2) is 0 Å². The monoisotopic (exact) mass is 365 g/mol. The van der Waals surface area contributed by atoms with E-state index in [1.165, 1.54) is 12.1 Å². The summed E-state index contributed by atoms with van der Waals surface area (Å²) >= 11 is 0. The number of amides is 1. The summed E-state index contributed by atoms with van der Waals surface area (Å²) in [6, 6.07) is 14.1. The van der Waals surface area contributed by atoms with Crippen LogP contribution in [0.3, 0.4) is 0 Å². The van der Waals surface area contributed by atoms with Crippen LogP contribution in [0.2, 0.25) is 0 Å². The Morgan fingerprint density at radius 3 is 2.48 bits per heavy atom. The Labute approximate surface area is 159 Å². The molecule has 0 fully saturated rings. The number of halogens is 1. The summed E-state index contributed by atoms with van der Waals surface area (Å²) in [6.45, 7) is 4.31. The Bertz CT molecular complexity index is 967. The van der Waals surface area contributed by atoms with E-state index in [0.29, 0.717) is 12.1 Å². The van der Waals surface area contributed by atoms with Crippen LogP contribution in [0.1, 0.15) is 33.2 Å². The van der Waals surface area contributed by atoms with Crippen molar-refractivity contribution in [2.24, 2.45) is 0 Å². The molecule has 1 heterocycles. The highest BCUT2D eigenvalue weighted by Crippen LogP contribution is 2.21. The third kappa shape index (κ3) is 4.31. The molecule has 1 atom stereocenters. The van der Waals surface area contributed by atoms with Crippen LogP contribution >= 0.6 is 0 Å². The predicted octanol–water partition coefficient (Wildman–Crippen LogP) is 4.02. The molecule has 0 saturated heterocycles. The second-order valence-corrected chi connectivity index (χ2v) is 7.07. The molecule has 0 bridgehead atoms. The SMILES string of the molecule is Cc1ccc2nc(C)cc(C(=O)NCC(c3ccc(F)cc3)N(C)C)c2c1. The number of aromatic nitrogens is 1. The van der Waals surface area contributed by atoms with Gasteiger partial charge in [-0.1, -0.05) is 23.8 Å². The number of hydrogen-bond donors (Lipinski definition) is 1. The molecule has 4 nitrogen and oxygen atoms in total. The number of carbonyl (C=O) groups is 1. The van der Waals surface area contributed by atoms with Gasteiger partial charge in [0.2, 0.25) is 0 Å². The molecule has 0 aliphatic heterocycles. The summed E-state index contributed by atoms with van der Waals surface area (Å²) < 4.78 is 13.2. The highest BCUT2D eigenvalue weighted by atomic mass is 19.1. The maximum Gasteiger partial charge on any atom is 0.252 e. The van der Waals surface area contributed by atoms with E-state index in [9.17, 15) is 9.18 Å². The highest BCUT2D eigenvalue weighted by molar-refractivity contribution is 6.06. The van der Waals surface area contributed by atoms with Crippen molar-refractivity contribution in [3.05, 3.63) is 76.7 Å². The first-order valence-electron chi connectivity index (χ1n) is 8.93. The zero-order chi connectivity index (χ0) is 19.6. The van der Waals surface area contributed by atoms with E-state index in [-0.39, 0.29) is 17.8 Å². The van der Waals surface area contributed by atoms with Gasteiger partial charge >= 0.3 is 0 Å². The van der Waals surface area contributed by atoms with Crippen LogP contribution in [0, 0.1) is 19.7 Å². The smallest absolute Gasteiger partial charge is 0.252 e. The summed E-state index contributed by atoms with van der Waals surface area (Å²) in [5.41, 5.74) is 4.28. The molecule has 0 spiro atoms. The average molecular weight is 365 g/mol. The molecule has 1 aromatic heterocycles. The second-order valence-electron chi connectivity index (χ2n) is 7.07. The molecule has 0 aliphatic rings. The topological polar surface area (TPSA) is 45.2 Å². The molecule has 140 valence electrons. The van der Waals surface area contributed by atoms with Gasteiger partial charge in [0.1, 0.15) is 5.82 Å². The Kier molecular flexibility index (Phi) is 5.51. The second kappa shape index (κ2) is 7.84. The minimum absolute atomic E-state index is 0.0505. The summed E-state index contributed by atoms with van der Waals surface area (Å²) in [7, 11) is 3.88. The van der Waals surface area contributed by atoms with Crippen molar-refractivity contribution in [3.8, 4) is 0 Å². The average Bonchev–Trinajstić information content (AvgIpc) is 2.62. The molecule has 1 unspecified atom stereocenters. The van der Waals surface area contributed by atoms with Crippen molar-refractivity contribution in [2.75, 3.05) is 20.6 Å². The number of aryl methyl sites for hydroxylation is 2. The lowest BCUT2D eigenvalue weighted by atomic mass is 10.0. The van der Waals surface area contributed by atoms with Crippen LogP contribution in [0.25, 0.3) is 10.9 Å². The predicted molar refractivity (Wildman–Crippen MR) is 106 cm³/mol. The van der Waals surface area contributed by atoms with Gasteiger partial charge in [0.05, 0.1) is 17.1 Å². The van der Waals surface area contributed by atoms with Crippen LogP contribution in [0.4, 0.5) is 4.39 Å². The number of likely N-dealkylation sites (N-methyl/N-ethyl adjacent to an activating group) is 1. The standard InChI is InChI=1S/C22H24FN3O/c1-14-5-10-20-18(11-14)19(12-15(2)25-20)22(27)24-13-21(26(3)4)16-6-8-17(23)9-7-16/h5-12,21H,13H2,1-4H3,(H,24,27). The number of hydrogen-bond acceptors (Lipinski definition) is 3. The van der Waals surface area contributed by atoms with Crippen molar-refractivity contribution in [1.29, 1.82) is 0 Å². The number of nitrogens with one attached hydrogen (secondary N) is 1. The third-order valence-corrected chi connectivity index (χ3v) is 4.67. The zero-order valence-corrected chi connectivity index (χ0v) is 16.1. The molecule has 0 aliphatic carbocycles. The molecular formula is C22H24FN3O. The summed E-state index contributed by atoms with van der Waals surface area (Å²) in [6.07, 6.45) is 0. The maximum atomic E-state index is 13.2. The molecule has 5 heteroatoms. The third-order valence-electron chi connectivity index (χ3n) is 4.67. The first-order chi connectivity index (χ1) is 12.8. The van der Waals surface area contributed by atoms with Gasteiger partial charge in [-0.25, -0.2) is 4.39 Å². The Hall–Kier alpha value is -2.79. The van der Waals surface area contributed by atoms with Gasteiger partial charge in [-0.3, -0.25) is 9.78 Å². The lowest BCUT2D eigenvalue weighted by Gasteiger charge is -2.25. The van der Waals surface area contributed by atoms with Gasteiger partial charge in [-0.05, 0) is 63.8 Å². The molecule has 0 saturated carbocycles. The number of fused-ring (bicyclic) bond motifs is 1. The van der Waals surface area contributed by atoms with Crippen molar-refractivity contribution >= 4 is 16.8 Å². The van der Waals surface area contributed by atoms with E-state index in [1.807, 2.05) is 57.1 Å². The molecule has 3 aromatic rings.